The van der Waals surface area contributed by atoms with E-state index in [9.17, 15) is 14.7 Å². The SMILES string of the molecule is Cc1ccc(NC2=C(CC3=C(O)CC(C)(C)CC3=O)C(=O)CC(C)(C)C2)cc1. The number of allylic oxidation sites excluding steroid dienone is 4. The lowest BCUT2D eigenvalue weighted by Gasteiger charge is -2.34. The van der Waals surface area contributed by atoms with Crippen molar-refractivity contribution >= 4 is 17.3 Å². The second-order valence-corrected chi connectivity index (χ2v) is 9.93. The lowest BCUT2D eigenvalue weighted by molar-refractivity contribution is -0.118. The fourth-order valence-corrected chi connectivity index (χ4v) is 4.20. The Bertz CT molecular complexity index is 870. The van der Waals surface area contributed by atoms with Gasteiger partial charge in [0.15, 0.2) is 11.6 Å². The zero-order chi connectivity index (χ0) is 20.7. The van der Waals surface area contributed by atoms with Crippen molar-refractivity contribution in [3.63, 3.8) is 0 Å². The summed E-state index contributed by atoms with van der Waals surface area (Å²) in [6, 6.07) is 8.05. The van der Waals surface area contributed by atoms with Gasteiger partial charge in [0.25, 0.3) is 0 Å². The van der Waals surface area contributed by atoms with Gasteiger partial charge in [0.05, 0.1) is 5.76 Å². The zero-order valence-corrected chi connectivity index (χ0v) is 17.6. The van der Waals surface area contributed by atoms with Crippen molar-refractivity contribution < 1.29 is 14.7 Å². The molecule has 0 radical (unpaired) electrons. The fraction of sp³-hybridized carbons (Fsp3) is 0.500. The number of hydrogen-bond donors (Lipinski definition) is 2. The number of ketones is 2. The van der Waals surface area contributed by atoms with Gasteiger partial charge in [-0.1, -0.05) is 45.4 Å². The largest absolute Gasteiger partial charge is 0.512 e. The Balaban J connectivity index is 1.97. The van der Waals surface area contributed by atoms with Crippen LogP contribution in [-0.2, 0) is 9.59 Å². The second-order valence-electron chi connectivity index (χ2n) is 9.93. The highest BCUT2D eigenvalue weighted by atomic mass is 16.3. The van der Waals surface area contributed by atoms with Gasteiger partial charge < -0.3 is 10.4 Å². The molecule has 0 spiro atoms. The second kappa shape index (κ2) is 7.23. The number of aliphatic hydroxyl groups is 1. The first-order chi connectivity index (χ1) is 13.0. The van der Waals surface area contributed by atoms with Crippen LogP contribution in [0, 0.1) is 17.8 Å². The van der Waals surface area contributed by atoms with Crippen LogP contribution in [-0.4, -0.2) is 16.7 Å². The van der Waals surface area contributed by atoms with E-state index in [2.05, 4.69) is 19.2 Å². The molecule has 4 heteroatoms. The van der Waals surface area contributed by atoms with E-state index in [-0.39, 0.29) is 34.6 Å². The first kappa shape index (κ1) is 20.4. The Morgan fingerprint density at radius 3 is 1.96 bits per heavy atom. The van der Waals surface area contributed by atoms with Crippen LogP contribution in [0.25, 0.3) is 0 Å². The van der Waals surface area contributed by atoms with Crippen LogP contribution in [0.15, 0.2) is 46.9 Å². The highest BCUT2D eigenvalue weighted by molar-refractivity contribution is 6.03. The minimum Gasteiger partial charge on any atom is -0.512 e. The van der Waals surface area contributed by atoms with Crippen LogP contribution in [0.4, 0.5) is 5.69 Å². The lowest BCUT2D eigenvalue weighted by atomic mass is 9.72. The summed E-state index contributed by atoms with van der Waals surface area (Å²) >= 11 is 0. The molecular formula is C24H31NO3. The number of anilines is 1. The van der Waals surface area contributed by atoms with E-state index in [1.807, 2.05) is 45.0 Å². The van der Waals surface area contributed by atoms with Gasteiger partial charge in [-0.05, 0) is 36.3 Å². The number of carbonyl (C=O) groups is 2. The number of nitrogens with one attached hydrogen (secondary N) is 1. The molecule has 0 amide bonds. The molecule has 2 aliphatic rings. The van der Waals surface area contributed by atoms with Crippen LogP contribution < -0.4 is 5.32 Å². The van der Waals surface area contributed by atoms with Crippen LogP contribution in [0.5, 0.6) is 0 Å². The van der Waals surface area contributed by atoms with Gasteiger partial charge in [0.2, 0.25) is 0 Å². The standard InChI is InChI=1S/C24H31NO3/c1-15-6-8-16(9-7-15)25-19-11-23(2,3)12-20(26)17(19)10-18-21(27)13-24(4,5)14-22(18)28/h6-9,25,27H,10-14H2,1-5H3. The Kier molecular flexibility index (Phi) is 5.26. The van der Waals surface area contributed by atoms with Gasteiger partial charge in [-0.25, -0.2) is 0 Å². The smallest absolute Gasteiger partial charge is 0.163 e. The maximum absolute atomic E-state index is 13.0. The van der Waals surface area contributed by atoms with Gasteiger partial charge in [-0.15, -0.1) is 0 Å². The number of benzene rings is 1. The number of carbonyl (C=O) groups excluding carboxylic acids is 2. The van der Waals surface area contributed by atoms with Crippen molar-refractivity contribution in [2.75, 3.05) is 5.32 Å². The van der Waals surface area contributed by atoms with Crippen molar-refractivity contribution in [3.8, 4) is 0 Å². The third-order valence-electron chi connectivity index (χ3n) is 5.67. The Labute approximate surface area is 167 Å². The molecular weight excluding hydrogens is 350 g/mol. The maximum atomic E-state index is 13.0. The average Bonchev–Trinajstić information content (AvgIpc) is 2.53. The molecule has 0 saturated heterocycles. The highest BCUT2D eigenvalue weighted by Gasteiger charge is 2.37. The minimum atomic E-state index is -0.236. The van der Waals surface area contributed by atoms with Crippen molar-refractivity contribution in [1.29, 1.82) is 0 Å². The summed E-state index contributed by atoms with van der Waals surface area (Å²) in [5, 5.41) is 13.9. The number of aryl methyl sites for hydroxylation is 1. The number of hydrogen-bond acceptors (Lipinski definition) is 4. The van der Waals surface area contributed by atoms with Crippen molar-refractivity contribution in [2.24, 2.45) is 10.8 Å². The predicted octanol–water partition coefficient (Wildman–Crippen LogP) is 5.64. The molecule has 0 saturated carbocycles. The molecule has 0 unspecified atom stereocenters. The predicted molar refractivity (Wildman–Crippen MR) is 112 cm³/mol. The van der Waals surface area contributed by atoms with Gasteiger partial charge in [0, 0.05) is 48.2 Å². The zero-order valence-electron chi connectivity index (χ0n) is 17.6. The van der Waals surface area contributed by atoms with E-state index in [0.717, 1.165) is 17.8 Å². The molecule has 28 heavy (non-hydrogen) atoms. The maximum Gasteiger partial charge on any atom is 0.163 e. The first-order valence-corrected chi connectivity index (χ1v) is 9.99. The highest BCUT2D eigenvalue weighted by Crippen LogP contribution is 2.42. The summed E-state index contributed by atoms with van der Waals surface area (Å²) in [5.41, 5.74) is 3.63. The quantitative estimate of drug-likeness (QED) is 0.708. The molecule has 0 atom stereocenters. The normalized spacial score (nSPS) is 21.9. The van der Waals surface area contributed by atoms with Gasteiger partial charge in [-0.3, -0.25) is 9.59 Å². The lowest BCUT2D eigenvalue weighted by Crippen LogP contribution is -2.31. The van der Waals surface area contributed by atoms with Crippen molar-refractivity contribution in [1.82, 2.24) is 0 Å². The summed E-state index contributed by atoms with van der Waals surface area (Å²) in [4.78, 5) is 25.6. The van der Waals surface area contributed by atoms with Gasteiger partial charge >= 0.3 is 0 Å². The molecule has 0 bridgehead atoms. The van der Waals surface area contributed by atoms with Gasteiger partial charge in [0.1, 0.15) is 0 Å². The molecule has 0 heterocycles. The van der Waals surface area contributed by atoms with Crippen LogP contribution in [0.3, 0.4) is 0 Å². The summed E-state index contributed by atoms with van der Waals surface area (Å²) in [5.74, 6) is 0.151. The number of Topliss-reactive ketones (excluding diaryl/α,β-unsaturated/α-hetero) is 2. The van der Waals surface area contributed by atoms with E-state index in [0.29, 0.717) is 30.4 Å². The van der Waals surface area contributed by atoms with E-state index < -0.39 is 0 Å². The molecule has 2 N–H and O–H groups in total. The van der Waals surface area contributed by atoms with Crippen molar-refractivity contribution in [2.45, 2.75) is 66.7 Å². The molecule has 0 fully saturated rings. The summed E-state index contributed by atoms with van der Waals surface area (Å²) in [6.45, 7) is 10.2. The van der Waals surface area contributed by atoms with Gasteiger partial charge in [-0.2, -0.15) is 0 Å². The number of aliphatic hydroxyl groups excluding tert-OH is 1. The van der Waals surface area contributed by atoms with E-state index in [1.165, 1.54) is 5.56 Å². The fourth-order valence-electron chi connectivity index (χ4n) is 4.20. The molecule has 1 aromatic carbocycles. The van der Waals surface area contributed by atoms with Crippen LogP contribution >= 0.6 is 0 Å². The molecule has 1 aromatic rings. The van der Waals surface area contributed by atoms with Crippen LogP contribution in [0.1, 0.15) is 65.4 Å². The van der Waals surface area contributed by atoms with E-state index in [1.54, 1.807) is 0 Å². The monoisotopic (exact) mass is 381 g/mol. The number of rotatable bonds is 4. The Morgan fingerprint density at radius 1 is 0.857 bits per heavy atom. The minimum absolute atomic E-state index is 0.0476. The van der Waals surface area contributed by atoms with Crippen LogP contribution in [0.2, 0.25) is 0 Å². The molecule has 0 aliphatic heterocycles. The summed E-state index contributed by atoms with van der Waals surface area (Å²) in [7, 11) is 0. The topological polar surface area (TPSA) is 66.4 Å². The molecule has 2 aliphatic carbocycles. The summed E-state index contributed by atoms with van der Waals surface area (Å²) < 4.78 is 0. The molecule has 3 rings (SSSR count). The Hall–Kier alpha value is -2.36. The van der Waals surface area contributed by atoms with E-state index in [4.69, 9.17) is 0 Å². The molecule has 4 nitrogen and oxygen atoms in total. The third kappa shape index (κ3) is 4.54. The first-order valence-electron chi connectivity index (χ1n) is 9.99. The molecule has 150 valence electrons. The average molecular weight is 382 g/mol. The van der Waals surface area contributed by atoms with E-state index >= 15 is 0 Å². The summed E-state index contributed by atoms with van der Waals surface area (Å²) in [6.07, 6.45) is 2.27. The third-order valence-corrected chi connectivity index (χ3v) is 5.67. The molecule has 0 aromatic heterocycles. The van der Waals surface area contributed by atoms with Crippen molar-refractivity contribution in [3.05, 3.63) is 52.4 Å². The Morgan fingerprint density at radius 2 is 1.39 bits per heavy atom.